The van der Waals surface area contributed by atoms with Gasteiger partial charge in [-0.25, -0.2) is 4.98 Å². The van der Waals surface area contributed by atoms with Gasteiger partial charge < -0.3 is 4.98 Å². The molecule has 0 saturated carbocycles. The third-order valence-electron chi connectivity index (χ3n) is 1.93. The molecule has 1 amide bonds. The fourth-order valence-electron chi connectivity index (χ4n) is 1.25. The van der Waals surface area contributed by atoms with Crippen LogP contribution in [0, 0.1) is 6.92 Å². The van der Waals surface area contributed by atoms with E-state index >= 15 is 0 Å². The van der Waals surface area contributed by atoms with Crippen molar-refractivity contribution in [2.24, 2.45) is 0 Å². The molecule has 0 aliphatic rings. The number of nitrogens with one attached hydrogen (secondary N) is 2. The highest BCUT2D eigenvalue weighted by molar-refractivity contribution is 5.88. The van der Waals surface area contributed by atoms with Crippen LogP contribution in [0.25, 0.3) is 11.0 Å². The molecule has 0 fully saturated rings. The van der Waals surface area contributed by atoms with Crippen molar-refractivity contribution in [1.29, 1.82) is 0 Å². The molecule has 2 aromatic rings. The van der Waals surface area contributed by atoms with Crippen molar-refractivity contribution < 1.29 is 4.79 Å². The fourth-order valence-corrected chi connectivity index (χ4v) is 1.25. The van der Waals surface area contributed by atoms with Gasteiger partial charge in [-0.1, -0.05) is 0 Å². The Hall–Kier alpha value is -1.91. The van der Waals surface area contributed by atoms with Gasteiger partial charge in [-0.2, -0.15) is 4.98 Å². The van der Waals surface area contributed by atoms with Crippen molar-refractivity contribution in [3.63, 3.8) is 0 Å². The summed E-state index contributed by atoms with van der Waals surface area (Å²) in [6, 6.07) is 0. The van der Waals surface area contributed by atoms with Gasteiger partial charge in [0, 0.05) is 24.7 Å². The Morgan fingerprint density at radius 3 is 3.07 bits per heavy atom. The number of aromatic amines is 1. The average Bonchev–Trinajstić information content (AvgIpc) is 2.46. The molecular weight excluding hydrogens is 180 g/mol. The molecule has 2 N–H and O–H groups in total. The molecule has 72 valence electrons. The van der Waals surface area contributed by atoms with Gasteiger partial charge in [-0.15, -0.1) is 0 Å². The topological polar surface area (TPSA) is 70.7 Å². The van der Waals surface area contributed by atoms with Crippen LogP contribution in [0.2, 0.25) is 0 Å². The smallest absolute Gasteiger partial charge is 0.231 e. The highest BCUT2D eigenvalue weighted by Gasteiger charge is 2.04. The predicted molar refractivity (Wildman–Crippen MR) is 52.9 cm³/mol. The molecule has 2 rings (SSSR count). The number of anilines is 1. The number of carbonyl (C=O) groups excluding carboxylic acids is 1. The van der Waals surface area contributed by atoms with Crippen LogP contribution in [0.1, 0.15) is 12.5 Å². The minimum atomic E-state index is -0.173. The monoisotopic (exact) mass is 190 g/mol. The van der Waals surface area contributed by atoms with Gasteiger partial charge in [-0.05, 0) is 12.5 Å². The molecule has 0 aliphatic heterocycles. The molecule has 0 atom stereocenters. The third kappa shape index (κ3) is 1.44. The molecule has 2 heterocycles. The van der Waals surface area contributed by atoms with Crippen molar-refractivity contribution >= 4 is 22.9 Å². The first-order valence-electron chi connectivity index (χ1n) is 4.25. The van der Waals surface area contributed by atoms with Crippen molar-refractivity contribution in [3.8, 4) is 0 Å². The normalized spacial score (nSPS) is 10.4. The Balaban J connectivity index is 2.46. The summed E-state index contributed by atoms with van der Waals surface area (Å²) in [6.07, 6.45) is 3.55. The molecule has 0 saturated heterocycles. The summed E-state index contributed by atoms with van der Waals surface area (Å²) in [5.41, 5.74) is 1.83. The minimum absolute atomic E-state index is 0.173. The molecule has 0 aliphatic carbocycles. The van der Waals surface area contributed by atoms with Gasteiger partial charge in [-0.3, -0.25) is 10.1 Å². The Morgan fingerprint density at radius 1 is 1.57 bits per heavy atom. The van der Waals surface area contributed by atoms with Crippen LogP contribution in [0.4, 0.5) is 5.95 Å². The predicted octanol–water partition coefficient (Wildman–Crippen LogP) is 1.22. The zero-order chi connectivity index (χ0) is 10.1. The highest BCUT2D eigenvalue weighted by atomic mass is 16.1. The van der Waals surface area contributed by atoms with Crippen molar-refractivity contribution in [2.45, 2.75) is 13.8 Å². The zero-order valence-corrected chi connectivity index (χ0v) is 7.96. The van der Waals surface area contributed by atoms with Crippen LogP contribution in [-0.4, -0.2) is 20.9 Å². The largest absolute Gasteiger partial charge is 0.346 e. The number of hydrogen-bond donors (Lipinski definition) is 2. The van der Waals surface area contributed by atoms with Crippen LogP contribution in [-0.2, 0) is 4.79 Å². The van der Waals surface area contributed by atoms with Crippen molar-refractivity contribution in [1.82, 2.24) is 15.0 Å². The Bertz CT molecular complexity index is 489. The lowest BCUT2D eigenvalue weighted by Gasteiger charge is -1.98. The number of rotatable bonds is 1. The summed E-state index contributed by atoms with van der Waals surface area (Å²) in [7, 11) is 0. The van der Waals surface area contributed by atoms with E-state index in [1.807, 2.05) is 13.1 Å². The molecule has 0 bridgehead atoms. The average molecular weight is 190 g/mol. The quantitative estimate of drug-likeness (QED) is 0.710. The molecule has 0 unspecified atom stereocenters. The summed E-state index contributed by atoms with van der Waals surface area (Å²) in [5, 5.41) is 3.50. The third-order valence-corrected chi connectivity index (χ3v) is 1.93. The SMILES string of the molecule is CC(=O)Nc1ncc2c(C)c[nH]c2n1. The number of fused-ring (bicyclic) bond motifs is 1. The Kier molecular flexibility index (Phi) is 1.92. The van der Waals surface area contributed by atoms with Crippen LogP contribution in [0.5, 0.6) is 0 Å². The lowest BCUT2D eigenvalue weighted by Crippen LogP contribution is -2.08. The summed E-state index contributed by atoms with van der Waals surface area (Å²) in [4.78, 5) is 21.9. The maximum absolute atomic E-state index is 10.8. The summed E-state index contributed by atoms with van der Waals surface area (Å²) in [5.74, 6) is 0.152. The second-order valence-corrected chi connectivity index (χ2v) is 3.11. The molecule has 5 nitrogen and oxygen atoms in total. The first-order chi connectivity index (χ1) is 6.66. The summed E-state index contributed by atoms with van der Waals surface area (Å²) in [6.45, 7) is 3.40. The molecule has 0 aromatic carbocycles. The highest BCUT2D eigenvalue weighted by Crippen LogP contribution is 2.15. The number of aryl methyl sites for hydroxylation is 1. The molecule has 0 radical (unpaired) electrons. The van der Waals surface area contributed by atoms with Crippen LogP contribution in [0.15, 0.2) is 12.4 Å². The lowest BCUT2D eigenvalue weighted by molar-refractivity contribution is -0.114. The van der Waals surface area contributed by atoms with Crippen molar-refractivity contribution in [3.05, 3.63) is 18.0 Å². The first-order valence-corrected chi connectivity index (χ1v) is 4.25. The van der Waals surface area contributed by atoms with E-state index < -0.39 is 0 Å². The number of aromatic nitrogens is 3. The molecule has 0 spiro atoms. The van der Waals surface area contributed by atoms with E-state index in [9.17, 15) is 4.79 Å². The first kappa shape index (κ1) is 8.68. The van der Waals surface area contributed by atoms with Gasteiger partial charge in [0.05, 0.1) is 0 Å². The van der Waals surface area contributed by atoms with Gasteiger partial charge >= 0.3 is 0 Å². The van der Waals surface area contributed by atoms with Gasteiger partial charge in [0.1, 0.15) is 5.65 Å². The molecule has 5 heteroatoms. The number of hydrogen-bond acceptors (Lipinski definition) is 3. The van der Waals surface area contributed by atoms with E-state index in [2.05, 4.69) is 20.3 Å². The summed E-state index contributed by atoms with van der Waals surface area (Å²) >= 11 is 0. The van der Waals surface area contributed by atoms with Crippen LogP contribution in [0.3, 0.4) is 0 Å². The van der Waals surface area contributed by atoms with Gasteiger partial charge in [0.15, 0.2) is 0 Å². The Morgan fingerprint density at radius 2 is 2.36 bits per heavy atom. The molecular formula is C9H10N4O. The standard InChI is InChI=1S/C9H10N4O/c1-5-3-10-8-7(5)4-11-9(13-8)12-6(2)14/h3-4H,1-2H3,(H2,10,11,12,13,14). The lowest BCUT2D eigenvalue weighted by atomic mass is 10.3. The second-order valence-electron chi connectivity index (χ2n) is 3.11. The number of nitrogens with zero attached hydrogens (tertiary/aromatic N) is 2. The van der Waals surface area contributed by atoms with E-state index in [-0.39, 0.29) is 5.91 Å². The van der Waals surface area contributed by atoms with Crippen LogP contribution < -0.4 is 5.32 Å². The number of H-pyrrole nitrogens is 1. The van der Waals surface area contributed by atoms with Gasteiger partial charge in [0.25, 0.3) is 0 Å². The van der Waals surface area contributed by atoms with E-state index in [1.54, 1.807) is 6.20 Å². The maximum Gasteiger partial charge on any atom is 0.231 e. The molecule has 2 aromatic heterocycles. The zero-order valence-electron chi connectivity index (χ0n) is 7.96. The van der Waals surface area contributed by atoms with Crippen LogP contribution >= 0.6 is 0 Å². The van der Waals surface area contributed by atoms with Crippen molar-refractivity contribution in [2.75, 3.05) is 5.32 Å². The summed E-state index contributed by atoms with van der Waals surface area (Å²) < 4.78 is 0. The number of amides is 1. The van der Waals surface area contributed by atoms with E-state index in [4.69, 9.17) is 0 Å². The molecule has 14 heavy (non-hydrogen) atoms. The van der Waals surface area contributed by atoms with E-state index in [1.165, 1.54) is 6.92 Å². The van der Waals surface area contributed by atoms with E-state index in [0.717, 1.165) is 16.6 Å². The minimum Gasteiger partial charge on any atom is -0.346 e. The Labute approximate surface area is 80.6 Å². The maximum atomic E-state index is 10.8. The van der Waals surface area contributed by atoms with Gasteiger partial charge in [0.2, 0.25) is 11.9 Å². The fraction of sp³-hybridized carbons (Fsp3) is 0.222. The number of carbonyl (C=O) groups is 1. The van der Waals surface area contributed by atoms with E-state index in [0.29, 0.717) is 5.95 Å². The second kappa shape index (κ2) is 3.10.